The highest BCUT2D eigenvalue weighted by Crippen LogP contribution is 2.16. The molecule has 1 fully saturated rings. The first kappa shape index (κ1) is 10.7. The third-order valence-corrected chi connectivity index (χ3v) is 2.71. The molecule has 0 aromatic rings. The monoisotopic (exact) mass is 283 g/mol. The van der Waals surface area contributed by atoms with E-state index in [0.717, 1.165) is 19.7 Å². The van der Waals surface area contributed by atoms with Crippen LogP contribution in [0.1, 0.15) is 25.7 Å². The summed E-state index contributed by atoms with van der Waals surface area (Å²) in [6.45, 7) is 3.29. The topological polar surface area (TPSA) is 21.3 Å². The lowest BCUT2D eigenvalue weighted by Gasteiger charge is -2.08. The first-order chi connectivity index (χ1) is 5.93. The first-order valence-electron chi connectivity index (χ1n) is 4.82. The summed E-state index contributed by atoms with van der Waals surface area (Å²) in [7, 11) is 0. The Morgan fingerprint density at radius 1 is 1.42 bits per heavy atom. The van der Waals surface area contributed by atoms with Crippen molar-refractivity contribution in [2.45, 2.75) is 31.8 Å². The molecule has 0 saturated carbocycles. The third kappa shape index (κ3) is 4.62. The van der Waals surface area contributed by atoms with Crippen molar-refractivity contribution in [3.63, 3.8) is 0 Å². The van der Waals surface area contributed by atoms with Crippen LogP contribution in [0.3, 0.4) is 0 Å². The summed E-state index contributed by atoms with van der Waals surface area (Å²) >= 11 is 2.39. The molecule has 0 aromatic heterocycles. The van der Waals surface area contributed by atoms with Crippen molar-refractivity contribution >= 4 is 22.6 Å². The predicted octanol–water partition coefficient (Wildman–Crippen LogP) is 1.97. The molecule has 3 heteroatoms. The maximum atomic E-state index is 5.53. The van der Waals surface area contributed by atoms with Crippen LogP contribution in [0.5, 0.6) is 0 Å². The lowest BCUT2D eigenvalue weighted by Crippen LogP contribution is -2.19. The predicted molar refractivity (Wildman–Crippen MR) is 60.0 cm³/mol. The molecule has 0 aromatic carbocycles. The van der Waals surface area contributed by atoms with Gasteiger partial charge in [-0.25, -0.2) is 0 Å². The Bertz CT molecular complexity index is 105. The molecule has 1 unspecified atom stereocenters. The lowest BCUT2D eigenvalue weighted by molar-refractivity contribution is 0.102. The molecule has 2 nitrogen and oxygen atoms in total. The van der Waals surface area contributed by atoms with Gasteiger partial charge in [-0.1, -0.05) is 22.6 Å². The second-order valence-electron chi connectivity index (χ2n) is 3.22. The molecule has 0 aliphatic carbocycles. The smallest absolute Gasteiger partial charge is 0.0576 e. The second kappa shape index (κ2) is 7.09. The molecular formula is C9H18INO. The minimum Gasteiger partial charge on any atom is -0.378 e. The van der Waals surface area contributed by atoms with Crippen molar-refractivity contribution in [1.82, 2.24) is 5.32 Å². The third-order valence-electron chi connectivity index (χ3n) is 2.17. The molecule has 1 rings (SSSR count). The van der Waals surface area contributed by atoms with Crippen LogP contribution in [0.4, 0.5) is 0 Å². The van der Waals surface area contributed by atoms with Gasteiger partial charge in [0.2, 0.25) is 0 Å². The van der Waals surface area contributed by atoms with Gasteiger partial charge in [-0.2, -0.15) is 0 Å². The van der Waals surface area contributed by atoms with Crippen LogP contribution in [-0.4, -0.2) is 30.2 Å². The summed E-state index contributed by atoms with van der Waals surface area (Å²) < 4.78 is 6.74. The fourth-order valence-corrected chi connectivity index (χ4v) is 1.90. The number of alkyl halides is 1. The van der Waals surface area contributed by atoms with Gasteiger partial charge in [0.25, 0.3) is 0 Å². The van der Waals surface area contributed by atoms with Crippen LogP contribution in [-0.2, 0) is 4.74 Å². The number of halogens is 1. The van der Waals surface area contributed by atoms with E-state index >= 15 is 0 Å². The van der Waals surface area contributed by atoms with Gasteiger partial charge in [0.05, 0.1) is 6.10 Å². The average Bonchev–Trinajstić information content (AvgIpc) is 2.57. The van der Waals surface area contributed by atoms with E-state index in [1.54, 1.807) is 0 Å². The van der Waals surface area contributed by atoms with Gasteiger partial charge in [-0.3, -0.25) is 0 Å². The van der Waals surface area contributed by atoms with E-state index in [1.807, 2.05) is 0 Å². The summed E-state index contributed by atoms with van der Waals surface area (Å²) in [6, 6.07) is 0. The van der Waals surface area contributed by atoms with Crippen LogP contribution < -0.4 is 5.32 Å². The standard InChI is InChI=1S/C9H18INO/c10-5-7-11-6-1-3-9-4-2-8-12-9/h9,11H,1-8H2. The molecular weight excluding hydrogens is 265 g/mol. The largest absolute Gasteiger partial charge is 0.378 e. The van der Waals surface area contributed by atoms with Crippen molar-refractivity contribution in [3.8, 4) is 0 Å². The molecule has 12 heavy (non-hydrogen) atoms. The van der Waals surface area contributed by atoms with Gasteiger partial charge in [-0.15, -0.1) is 0 Å². The van der Waals surface area contributed by atoms with Crippen LogP contribution in [0.25, 0.3) is 0 Å². The van der Waals surface area contributed by atoms with E-state index in [0.29, 0.717) is 6.10 Å². The molecule has 1 aliphatic rings. The molecule has 1 aliphatic heterocycles. The lowest BCUT2D eigenvalue weighted by atomic mass is 10.1. The Morgan fingerprint density at radius 3 is 3.00 bits per heavy atom. The Balaban J connectivity index is 1.81. The molecule has 0 bridgehead atoms. The van der Waals surface area contributed by atoms with E-state index in [4.69, 9.17) is 4.74 Å². The Labute approximate surface area is 88.6 Å². The zero-order chi connectivity index (χ0) is 8.65. The van der Waals surface area contributed by atoms with E-state index in [9.17, 15) is 0 Å². The van der Waals surface area contributed by atoms with Crippen molar-refractivity contribution < 1.29 is 4.74 Å². The van der Waals surface area contributed by atoms with Crippen molar-refractivity contribution in [1.29, 1.82) is 0 Å². The highest BCUT2D eigenvalue weighted by atomic mass is 127. The Kier molecular flexibility index (Phi) is 6.34. The summed E-state index contributed by atoms with van der Waals surface area (Å²) in [5.41, 5.74) is 0. The molecule has 0 spiro atoms. The van der Waals surface area contributed by atoms with E-state index in [1.165, 1.54) is 30.1 Å². The van der Waals surface area contributed by atoms with Gasteiger partial charge in [0, 0.05) is 17.6 Å². The zero-order valence-electron chi connectivity index (χ0n) is 7.52. The maximum absolute atomic E-state index is 5.53. The molecule has 1 atom stereocenters. The van der Waals surface area contributed by atoms with Crippen molar-refractivity contribution in [2.24, 2.45) is 0 Å². The summed E-state index contributed by atoms with van der Waals surface area (Å²) in [6.07, 6.45) is 5.64. The number of rotatable bonds is 6. The van der Waals surface area contributed by atoms with Gasteiger partial charge in [-0.05, 0) is 32.2 Å². The molecule has 1 N–H and O–H groups in total. The molecule has 0 radical (unpaired) electrons. The highest BCUT2D eigenvalue weighted by molar-refractivity contribution is 14.1. The first-order valence-corrected chi connectivity index (χ1v) is 6.34. The molecule has 0 amide bonds. The van der Waals surface area contributed by atoms with Crippen LogP contribution >= 0.6 is 22.6 Å². The van der Waals surface area contributed by atoms with Crippen molar-refractivity contribution in [3.05, 3.63) is 0 Å². The van der Waals surface area contributed by atoms with E-state index < -0.39 is 0 Å². The normalized spacial score (nSPS) is 23.2. The maximum Gasteiger partial charge on any atom is 0.0576 e. The number of hydrogen-bond donors (Lipinski definition) is 1. The number of nitrogens with one attached hydrogen (secondary N) is 1. The van der Waals surface area contributed by atoms with Gasteiger partial charge < -0.3 is 10.1 Å². The van der Waals surface area contributed by atoms with Gasteiger partial charge >= 0.3 is 0 Å². The highest BCUT2D eigenvalue weighted by Gasteiger charge is 2.13. The van der Waals surface area contributed by atoms with Gasteiger partial charge in [0.15, 0.2) is 0 Å². The fourth-order valence-electron chi connectivity index (χ4n) is 1.52. The SMILES string of the molecule is ICCNCCCC1CCCO1. The van der Waals surface area contributed by atoms with Crippen molar-refractivity contribution in [2.75, 3.05) is 24.1 Å². The molecule has 1 heterocycles. The second-order valence-corrected chi connectivity index (χ2v) is 4.29. The minimum absolute atomic E-state index is 0.575. The van der Waals surface area contributed by atoms with E-state index in [2.05, 4.69) is 27.9 Å². The number of ether oxygens (including phenoxy) is 1. The molecule has 72 valence electrons. The zero-order valence-corrected chi connectivity index (χ0v) is 9.68. The van der Waals surface area contributed by atoms with Crippen LogP contribution in [0, 0.1) is 0 Å². The summed E-state index contributed by atoms with van der Waals surface area (Å²) in [5, 5.41) is 3.40. The van der Waals surface area contributed by atoms with Gasteiger partial charge in [0.1, 0.15) is 0 Å². The Hall–Kier alpha value is 0.650. The van der Waals surface area contributed by atoms with Crippen LogP contribution in [0.2, 0.25) is 0 Å². The summed E-state index contributed by atoms with van der Waals surface area (Å²) in [5.74, 6) is 0. The quantitative estimate of drug-likeness (QED) is 0.457. The van der Waals surface area contributed by atoms with Crippen LogP contribution in [0.15, 0.2) is 0 Å². The molecule has 1 saturated heterocycles. The van der Waals surface area contributed by atoms with E-state index in [-0.39, 0.29) is 0 Å². The number of hydrogen-bond acceptors (Lipinski definition) is 2. The average molecular weight is 283 g/mol. The minimum atomic E-state index is 0.575. The Morgan fingerprint density at radius 2 is 2.33 bits per heavy atom. The summed E-state index contributed by atoms with van der Waals surface area (Å²) in [4.78, 5) is 0. The fraction of sp³-hybridized carbons (Fsp3) is 1.00.